The van der Waals surface area contributed by atoms with Crippen LogP contribution in [0.3, 0.4) is 0 Å². The highest BCUT2D eigenvalue weighted by atomic mass is 16.5. The number of urea groups is 1. The number of amides is 3. The third-order valence-corrected chi connectivity index (χ3v) is 5.52. The number of hydrogen-bond acceptors (Lipinski definition) is 5. The fourth-order valence-electron chi connectivity index (χ4n) is 3.41. The van der Waals surface area contributed by atoms with Crippen molar-refractivity contribution in [2.75, 3.05) is 6.54 Å². The summed E-state index contributed by atoms with van der Waals surface area (Å²) in [7, 11) is 0. The predicted molar refractivity (Wildman–Crippen MR) is 104 cm³/mol. The normalized spacial score (nSPS) is 16.7. The Morgan fingerprint density at radius 3 is 2.18 bits per heavy atom. The third kappa shape index (κ3) is 3.93. The maximum atomic E-state index is 12.7. The van der Waals surface area contributed by atoms with Crippen LogP contribution >= 0.6 is 0 Å². The Kier molecular flexibility index (Phi) is 6.27. The zero-order valence-corrected chi connectivity index (χ0v) is 17.3. The summed E-state index contributed by atoms with van der Waals surface area (Å²) in [5, 5.41) is 2.66. The van der Waals surface area contributed by atoms with Gasteiger partial charge < -0.3 is 10.1 Å². The van der Waals surface area contributed by atoms with Gasteiger partial charge in [-0.15, -0.1) is 0 Å². The molecule has 0 aliphatic carbocycles. The first-order valence-electron chi connectivity index (χ1n) is 9.52. The molecule has 1 fully saturated rings. The number of carbonyl (C=O) groups excluding carboxylic acids is 4. The second kappa shape index (κ2) is 8.12. The van der Waals surface area contributed by atoms with Gasteiger partial charge in [-0.3, -0.25) is 19.3 Å². The molecule has 0 bridgehead atoms. The van der Waals surface area contributed by atoms with Crippen LogP contribution in [-0.2, 0) is 14.3 Å². The van der Waals surface area contributed by atoms with E-state index in [2.05, 4.69) is 5.32 Å². The molecule has 1 aliphatic heterocycles. The summed E-state index contributed by atoms with van der Waals surface area (Å²) < 4.78 is 5.22. The van der Waals surface area contributed by atoms with E-state index < -0.39 is 36.1 Å². The van der Waals surface area contributed by atoms with Gasteiger partial charge in [0.25, 0.3) is 5.91 Å². The lowest BCUT2D eigenvalue weighted by Crippen LogP contribution is -2.46. The van der Waals surface area contributed by atoms with Crippen molar-refractivity contribution in [1.29, 1.82) is 0 Å². The van der Waals surface area contributed by atoms with Crippen LogP contribution in [0.5, 0.6) is 0 Å². The van der Waals surface area contributed by atoms with Crippen LogP contribution < -0.4 is 5.32 Å². The van der Waals surface area contributed by atoms with Crippen molar-refractivity contribution in [2.45, 2.75) is 66.0 Å². The summed E-state index contributed by atoms with van der Waals surface area (Å²) >= 11 is 0. The van der Waals surface area contributed by atoms with Crippen LogP contribution in [0.4, 0.5) is 4.79 Å². The molecule has 1 aromatic rings. The number of nitrogens with one attached hydrogen (secondary N) is 1. The van der Waals surface area contributed by atoms with E-state index in [9.17, 15) is 19.2 Å². The van der Waals surface area contributed by atoms with Crippen LogP contribution in [0.15, 0.2) is 12.1 Å². The number of hydrogen-bond donors (Lipinski definition) is 1. The Morgan fingerprint density at radius 2 is 1.64 bits per heavy atom. The molecular formula is C21H28N2O5. The molecule has 7 nitrogen and oxygen atoms in total. The molecule has 0 spiro atoms. The molecule has 3 amide bonds. The monoisotopic (exact) mass is 388 g/mol. The molecule has 1 aliphatic rings. The number of benzene rings is 1. The average Bonchev–Trinajstić information content (AvgIpc) is 2.88. The zero-order valence-electron chi connectivity index (χ0n) is 17.3. The van der Waals surface area contributed by atoms with E-state index >= 15 is 0 Å². The number of Topliss-reactive ketones (excluding diaryl/α,β-unsaturated/α-hetero) is 1. The quantitative estimate of drug-likeness (QED) is 0.440. The first-order valence-corrected chi connectivity index (χ1v) is 9.52. The van der Waals surface area contributed by atoms with Gasteiger partial charge in [0, 0.05) is 5.56 Å². The lowest BCUT2D eigenvalue weighted by molar-refractivity contribution is -0.150. The molecule has 0 unspecified atom stereocenters. The minimum atomic E-state index is -1.02. The Hall–Kier alpha value is -2.70. The van der Waals surface area contributed by atoms with E-state index in [4.69, 9.17) is 4.74 Å². The summed E-state index contributed by atoms with van der Waals surface area (Å²) in [4.78, 5) is 50.5. The van der Waals surface area contributed by atoms with E-state index in [1.54, 1.807) is 19.9 Å². The van der Waals surface area contributed by atoms with E-state index in [0.717, 1.165) is 21.6 Å². The van der Waals surface area contributed by atoms with E-state index in [1.165, 1.54) is 6.92 Å². The number of ether oxygens (including phenoxy) is 1. The van der Waals surface area contributed by atoms with Gasteiger partial charge in [-0.25, -0.2) is 4.79 Å². The second-order valence-electron chi connectivity index (χ2n) is 7.36. The van der Waals surface area contributed by atoms with Crippen molar-refractivity contribution < 1.29 is 23.9 Å². The van der Waals surface area contributed by atoms with Crippen LogP contribution in [-0.4, -0.2) is 46.8 Å². The van der Waals surface area contributed by atoms with E-state index in [1.807, 2.05) is 26.8 Å². The van der Waals surface area contributed by atoms with Gasteiger partial charge in [0.15, 0.2) is 6.10 Å². The number of carbonyl (C=O) groups is 4. The smallest absolute Gasteiger partial charge is 0.326 e. The lowest BCUT2D eigenvalue weighted by Gasteiger charge is -2.23. The first kappa shape index (κ1) is 21.6. The van der Waals surface area contributed by atoms with Crippen molar-refractivity contribution in [3.8, 4) is 0 Å². The van der Waals surface area contributed by atoms with Crippen LogP contribution in [0.1, 0.15) is 60.7 Å². The van der Waals surface area contributed by atoms with Crippen LogP contribution in [0.25, 0.3) is 0 Å². The Morgan fingerprint density at radius 1 is 1.07 bits per heavy atom. The summed E-state index contributed by atoms with van der Waals surface area (Å²) in [6.45, 7) is 10.3. The van der Waals surface area contributed by atoms with Crippen molar-refractivity contribution in [3.63, 3.8) is 0 Å². The molecule has 1 atom stereocenters. The lowest BCUT2D eigenvalue weighted by atomic mass is 9.93. The first-order chi connectivity index (χ1) is 13.1. The molecule has 2 rings (SSSR count). The second-order valence-corrected chi connectivity index (χ2v) is 7.36. The molecule has 1 aromatic carbocycles. The SMILES string of the molecule is CCC1(CC)NC(=O)N(CC(=O)O[C@@H](C)C(=O)c2cc(C)c(C)cc2C)C1=O. The van der Waals surface area contributed by atoms with Crippen molar-refractivity contribution >= 4 is 23.7 Å². The molecule has 1 heterocycles. The molecule has 0 saturated carbocycles. The maximum absolute atomic E-state index is 12.7. The Labute approximate surface area is 165 Å². The highest BCUT2D eigenvalue weighted by Crippen LogP contribution is 2.25. The van der Waals surface area contributed by atoms with Crippen LogP contribution in [0.2, 0.25) is 0 Å². The summed E-state index contributed by atoms with van der Waals surface area (Å²) in [6.07, 6.45) is -0.155. The molecule has 1 saturated heterocycles. The van der Waals surface area contributed by atoms with E-state index in [0.29, 0.717) is 18.4 Å². The van der Waals surface area contributed by atoms with Gasteiger partial charge in [0.2, 0.25) is 5.78 Å². The largest absolute Gasteiger partial charge is 0.453 e. The standard InChI is InChI=1S/C21H28N2O5/c1-7-21(8-2)19(26)23(20(27)22-21)11-17(24)28-15(6)18(25)16-10-13(4)12(3)9-14(16)5/h9-10,15H,7-8,11H2,1-6H3,(H,22,27)/t15-/m0/s1. The number of esters is 1. The fraction of sp³-hybridized carbons (Fsp3) is 0.524. The molecule has 7 heteroatoms. The van der Waals surface area contributed by atoms with Crippen molar-refractivity contribution in [2.24, 2.45) is 0 Å². The number of imide groups is 1. The average molecular weight is 388 g/mol. The number of aryl methyl sites for hydroxylation is 3. The number of ketones is 1. The predicted octanol–water partition coefficient (Wildman–Crippen LogP) is 2.84. The number of nitrogens with zero attached hydrogens (tertiary/aromatic N) is 1. The van der Waals surface area contributed by atoms with Gasteiger partial charge in [-0.2, -0.15) is 0 Å². The summed E-state index contributed by atoms with van der Waals surface area (Å²) in [5.41, 5.74) is 2.38. The maximum Gasteiger partial charge on any atom is 0.326 e. The highest BCUT2D eigenvalue weighted by molar-refractivity contribution is 6.09. The summed E-state index contributed by atoms with van der Waals surface area (Å²) in [5.74, 6) is -1.56. The molecule has 152 valence electrons. The minimum absolute atomic E-state index is 0.317. The van der Waals surface area contributed by atoms with Crippen LogP contribution in [0, 0.1) is 20.8 Å². The van der Waals surface area contributed by atoms with Crippen molar-refractivity contribution in [3.05, 3.63) is 34.4 Å². The van der Waals surface area contributed by atoms with Crippen molar-refractivity contribution in [1.82, 2.24) is 10.2 Å². The Bertz CT molecular complexity index is 826. The summed E-state index contributed by atoms with van der Waals surface area (Å²) in [6, 6.07) is 3.08. The minimum Gasteiger partial charge on any atom is -0.453 e. The van der Waals surface area contributed by atoms with Gasteiger partial charge >= 0.3 is 12.0 Å². The molecule has 28 heavy (non-hydrogen) atoms. The van der Waals surface area contributed by atoms with E-state index in [-0.39, 0.29) is 5.78 Å². The third-order valence-electron chi connectivity index (χ3n) is 5.52. The molecule has 1 N–H and O–H groups in total. The Balaban J connectivity index is 2.07. The number of rotatable bonds is 7. The van der Waals surface area contributed by atoms with Gasteiger partial charge in [-0.1, -0.05) is 19.9 Å². The van der Waals surface area contributed by atoms with Gasteiger partial charge in [0.05, 0.1) is 0 Å². The highest BCUT2D eigenvalue weighted by Gasteiger charge is 2.49. The van der Waals surface area contributed by atoms with Gasteiger partial charge in [-0.05, 0) is 63.3 Å². The van der Waals surface area contributed by atoms with Gasteiger partial charge in [0.1, 0.15) is 12.1 Å². The molecule has 0 radical (unpaired) electrons. The topological polar surface area (TPSA) is 92.8 Å². The zero-order chi connectivity index (χ0) is 21.2. The molecular weight excluding hydrogens is 360 g/mol. The molecule has 0 aromatic heterocycles. The fourth-order valence-corrected chi connectivity index (χ4v) is 3.41.